The summed E-state index contributed by atoms with van der Waals surface area (Å²) in [5.74, 6) is -1.86. The number of nitrogens with one attached hydrogen (secondary N) is 3. The summed E-state index contributed by atoms with van der Waals surface area (Å²) in [6.07, 6.45) is 0. The van der Waals surface area contributed by atoms with Crippen molar-refractivity contribution in [3.63, 3.8) is 0 Å². The number of imide groups is 1. The Balaban J connectivity index is 1.95. The van der Waals surface area contributed by atoms with Crippen LogP contribution in [0, 0.1) is 0 Å². The normalized spacial score (nSPS) is 17.8. The molecule has 0 spiro atoms. The minimum absolute atomic E-state index is 0.0775. The van der Waals surface area contributed by atoms with Crippen LogP contribution in [0.2, 0.25) is 15.2 Å². The molecule has 2 atom stereocenters. The van der Waals surface area contributed by atoms with Gasteiger partial charge in [0.15, 0.2) is 0 Å². The van der Waals surface area contributed by atoms with Crippen LogP contribution < -0.4 is 21.7 Å². The molecule has 3 rings (SSSR count). The largest absolute Gasteiger partial charge is 0.383 e. The predicted octanol–water partition coefficient (Wildman–Crippen LogP) is 1.96. The Morgan fingerprint density at radius 3 is 2.46 bits per heavy atom. The SMILES string of the molecule is Nc1nc(Cl)ccc1C(C(=O)NC(=O)C1CNCCN1)c1cc(Cl)cc(Cl)c1. The van der Waals surface area contributed by atoms with Crippen molar-refractivity contribution in [2.45, 2.75) is 12.0 Å². The lowest BCUT2D eigenvalue weighted by atomic mass is 9.90. The van der Waals surface area contributed by atoms with E-state index in [0.29, 0.717) is 34.3 Å². The Morgan fingerprint density at radius 1 is 1.14 bits per heavy atom. The van der Waals surface area contributed by atoms with E-state index in [-0.39, 0.29) is 11.0 Å². The number of nitrogen functional groups attached to an aromatic ring is 1. The van der Waals surface area contributed by atoms with E-state index in [1.54, 1.807) is 24.3 Å². The van der Waals surface area contributed by atoms with Crippen LogP contribution in [-0.4, -0.2) is 42.5 Å². The average Bonchev–Trinajstić information content (AvgIpc) is 2.63. The third kappa shape index (κ3) is 4.92. The molecule has 148 valence electrons. The molecule has 10 heteroatoms. The standard InChI is InChI=1S/C18H18Cl3N5O2/c19-10-5-9(6-11(20)7-10)15(12-1-2-14(21)25-16(12)22)18(28)26-17(27)13-8-23-3-4-24-13/h1-2,5-7,13,15,23-24H,3-4,8H2,(H2,22,25)(H,26,27,28). The number of anilines is 1. The van der Waals surface area contributed by atoms with E-state index < -0.39 is 23.8 Å². The van der Waals surface area contributed by atoms with Gasteiger partial charge in [0.05, 0.1) is 12.0 Å². The average molecular weight is 443 g/mol. The molecule has 2 amide bonds. The first-order chi connectivity index (χ1) is 13.3. The molecule has 28 heavy (non-hydrogen) atoms. The maximum atomic E-state index is 13.1. The monoisotopic (exact) mass is 441 g/mol. The van der Waals surface area contributed by atoms with Gasteiger partial charge in [-0.15, -0.1) is 0 Å². The van der Waals surface area contributed by atoms with Crippen LogP contribution in [0.5, 0.6) is 0 Å². The highest BCUT2D eigenvalue weighted by Gasteiger charge is 2.30. The molecular weight excluding hydrogens is 425 g/mol. The summed E-state index contributed by atoms with van der Waals surface area (Å²) in [5.41, 5.74) is 6.87. The van der Waals surface area contributed by atoms with Gasteiger partial charge in [-0.2, -0.15) is 0 Å². The molecule has 0 saturated carbocycles. The van der Waals surface area contributed by atoms with Crippen molar-refractivity contribution in [1.29, 1.82) is 0 Å². The van der Waals surface area contributed by atoms with Gasteiger partial charge < -0.3 is 16.4 Å². The summed E-state index contributed by atoms with van der Waals surface area (Å²) in [6, 6.07) is 7.34. The van der Waals surface area contributed by atoms with E-state index in [9.17, 15) is 9.59 Å². The molecule has 2 heterocycles. The number of carbonyl (C=O) groups excluding carboxylic acids is 2. The first kappa shape index (κ1) is 20.8. The van der Waals surface area contributed by atoms with Gasteiger partial charge >= 0.3 is 0 Å². The number of pyridine rings is 1. The van der Waals surface area contributed by atoms with Crippen molar-refractivity contribution in [3.05, 3.63) is 56.7 Å². The van der Waals surface area contributed by atoms with Crippen LogP contribution in [0.25, 0.3) is 0 Å². The lowest BCUT2D eigenvalue weighted by molar-refractivity contribution is -0.132. The molecule has 1 saturated heterocycles. The lowest BCUT2D eigenvalue weighted by Gasteiger charge is -2.25. The number of hydrogen-bond acceptors (Lipinski definition) is 6. The quantitative estimate of drug-likeness (QED) is 0.539. The number of nitrogens with zero attached hydrogens (tertiary/aromatic N) is 1. The molecular formula is C18H18Cl3N5O2. The van der Waals surface area contributed by atoms with Gasteiger partial charge in [0, 0.05) is 35.2 Å². The fourth-order valence-electron chi connectivity index (χ4n) is 3.04. The third-order valence-corrected chi connectivity index (χ3v) is 4.97. The fourth-order valence-corrected chi connectivity index (χ4v) is 3.74. The molecule has 1 aromatic heterocycles. The number of amides is 2. The molecule has 1 fully saturated rings. The van der Waals surface area contributed by atoms with Crippen molar-refractivity contribution in [3.8, 4) is 0 Å². The second kappa shape index (κ2) is 9.07. The molecule has 5 N–H and O–H groups in total. The van der Waals surface area contributed by atoms with Gasteiger partial charge in [0.25, 0.3) is 0 Å². The van der Waals surface area contributed by atoms with Crippen molar-refractivity contribution in [1.82, 2.24) is 20.9 Å². The third-order valence-electron chi connectivity index (χ3n) is 4.32. The van der Waals surface area contributed by atoms with Crippen LogP contribution in [0.15, 0.2) is 30.3 Å². The van der Waals surface area contributed by atoms with E-state index in [0.717, 1.165) is 6.54 Å². The van der Waals surface area contributed by atoms with E-state index in [2.05, 4.69) is 20.9 Å². The Labute approximate surface area is 176 Å². The van der Waals surface area contributed by atoms with E-state index in [1.165, 1.54) is 6.07 Å². The highest BCUT2D eigenvalue weighted by Crippen LogP contribution is 2.32. The molecule has 2 unspecified atom stereocenters. The van der Waals surface area contributed by atoms with Crippen LogP contribution in [0.3, 0.4) is 0 Å². The molecule has 0 radical (unpaired) electrons. The maximum absolute atomic E-state index is 13.1. The minimum Gasteiger partial charge on any atom is -0.383 e. The molecule has 1 aliphatic heterocycles. The molecule has 1 aliphatic rings. The van der Waals surface area contributed by atoms with E-state index in [1.807, 2.05) is 0 Å². The maximum Gasteiger partial charge on any atom is 0.245 e. The van der Waals surface area contributed by atoms with Crippen LogP contribution in [0.1, 0.15) is 17.0 Å². The van der Waals surface area contributed by atoms with E-state index in [4.69, 9.17) is 40.5 Å². The summed E-state index contributed by atoms with van der Waals surface area (Å²) >= 11 is 18.1. The number of piperazine rings is 1. The first-order valence-corrected chi connectivity index (χ1v) is 9.65. The van der Waals surface area contributed by atoms with Crippen LogP contribution in [-0.2, 0) is 9.59 Å². The highest BCUT2D eigenvalue weighted by atomic mass is 35.5. The molecule has 0 bridgehead atoms. The van der Waals surface area contributed by atoms with Gasteiger partial charge in [0.2, 0.25) is 11.8 Å². The summed E-state index contributed by atoms with van der Waals surface area (Å²) in [4.78, 5) is 29.6. The van der Waals surface area contributed by atoms with Gasteiger partial charge in [-0.3, -0.25) is 14.9 Å². The van der Waals surface area contributed by atoms with Crippen molar-refractivity contribution >= 4 is 52.4 Å². The smallest absolute Gasteiger partial charge is 0.245 e. The van der Waals surface area contributed by atoms with Gasteiger partial charge in [-0.05, 0) is 29.8 Å². The summed E-state index contributed by atoms with van der Waals surface area (Å²) in [6.45, 7) is 1.82. The summed E-state index contributed by atoms with van der Waals surface area (Å²) in [5, 5.41) is 9.50. The second-order valence-corrected chi connectivity index (χ2v) is 7.57. The Hall–Kier alpha value is -1.90. The van der Waals surface area contributed by atoms with Crippen molar-refractivity contribution in [2.75, 3.05) is 25.4 Å². The molecule has 2 aromatic rings. The molecule has 0 aliphatic carbocycles. The van der Waals surface area contributed by atoms with Crippen molar-refractivity contribution in [2.24, 2.45) is 0 Å². The predicted molar refractivity (Wildman–Crippen MR) is 110 cm³/mol. The Bertz CT molecular complexity index is 883. The fraction of sp³-hybridized carbons (Fsp3) is 0.278. The number of carbonyl (C=O) groups is 2. The lowest BCUT2D eigenvalue weighted by Crippen LogP contribution is -2.57. The molecule has 1 aromatic carbocycles. The van der Waals surface area contributed by atoms with Gasteiger partial charge in [-0.25, -0.2) is 4.98 Å². The minimum atomic E-state index is -0.943. The Kier molecular flexibility index (Phi) is 6.74. The zero-order valence-corrected chi connectivity index (χ0v) is 16.9. The molecule has 7 nitrogen and oxygen atoms in total. The highest BCUT2D eigenvalue weighted by molar-refractivity contribution is 6.34. The van der Waals surface area contributed by atoms with Crippen LogP contribution in [0.4, 0.5) is 5.82 Å². The first-order valence-electron chi connectivity index (χ1n) is 8.52. The zero-order valence-electron chi connectivity index (χ0n) is 14.6. The number of aromatic nitrogens is 1. The topological polar surface area (TPSA) is 109 Å². The number of hydrogen-bond donors (Lipinski definition) is 4. The van der Waals surface area contributed by atoms with E-state index >= 15 is 0 Å². The Morgan fingerprint density at radius 2 is 1.86 bits per heavy atom. The van der Waals surface area contributed by atoms with Crippen LogP contribution >= 0.6 is 34.8 Å². The number of halogens is 3. The van der Waals surface area contributed by atoms with Gasteiger partial charge in [-0.1, -0.05) is 40.9 Å². The summed E-state index contributed by atoms with van der Waals surface area (Å²) < 4.78 is 0. The summed E-state index contributed by atoms with van der Waals surface area (Å²) in [7, 11) is 0. The zero-order chi connectivity index (χ0) is 20.3. The number of rotatable bonds is 4. The van der Waals surface area contributed by atoms with Gasteiger partial charge in [0.1, 0.15) is 11.0 Å². The number of nitrogens with two attached hydrogens (primary N) is 1. The second-order valence-electron chi connectivity index (χ2n) is 6.31. The van der Waals surface area contributed by atoms with Crippen molar-refractivity contribution < 1.29 is 9.59 Å². The number of benzene rings is 1.